The first-order valence-electron chi connectivity index (χ1n) is 10.5. The van der Waals surface area contributed by atoms with Crippen molar-refractivity contribution in [3.8, 4) is 11.1 Å². The van der Waals surface area contributed by atoms with Gasteiger partial charge in [0.05, 0.1) is 6.04 Å². The Labute approximate surface area is 197 Å². The molecular formula is C27H25NO4S. The molecule has 0 unspecified atom stereocenters. The summed E-state index contributed by atoms with van der Waals surface area (Å²) >= 11 is 0.736. The van der Waals surface area contributed by atoms with Crippen LogP contribution in [0.1, 0.15) is 18.1 Å². The fraction of sp³-hybridized carbons (Fsp3) is 0.148. The van der Waals surface area contributed by atoms with Gasteiger partial charge in [-0.2, -0.15) is 0 Å². The van der Waals surface area contributed by atoms with Crippen molar-refractivity contribution in [2.45, 2.75) is 24.6 Å². The highest BCUT2D eigenvalue weighted by Gasteiger charge is 2.26. The standard InChI is InChI=1S/C27H25NO4S/c1-19(28-25(29)17-14-20-8-4-2-5-9-20)27(32)33-24(26(30)31)18-21-12-15-23(16-13-21)22-10-6-3-7-11-22/h2-17,19,24H,18H2,1H3,(H,28,29)(H,30,31)/b17-14+/t19-,24-/m1/s1. The molecule has 3 aromatic rings. The first kappa shape index (κ1) is 24.0. The van der Waals surface area contributed by atoms with Gasteiger partial charge in [-0.1, -0.05) is 96.7 Å². The summed E-state index contributed by atoms with van der Waals surface area (Å²) in [6.07, 6.45) is 3.21. The predicted molar refractivity (Wildman–Crippen MR) is 133 cm³/mol. The number of carboxylic acids is 1. The van der Waals surface area contributed by atoms with E-state index in [0.717, 1.165) is 34.0 Å². The molecule has 0 radical (unpaired) electrons. The monoisotopic (exact) mass is 459 g/mol. The molecule has 0 spiro atoms. The zero-order valence-electron chi connectivity index (χ0n) is 18.2. The van der Waals surface area contributed by atoms with Crippen LogP contribution in [-0.2, 0) is 20.8 Å². The number of carboxylic acid groups (broad SMARTS) is 1. The lowest BCUT2D eigenvalue weighted by atomic mass is 10.0. The average molecular weight is 460 g/mol. The lowest BCUT2D eigenvalue weighted by Crippen LogP contribution is -2.37. The van der Waals surface area contributed by atoms with Crippen molar-refractivity contribution < 1.29 is 19.5 Å². The Bertz CT molecular complexity index is 1110. The van der Waals surface area contributed by atoms with E-state index in [-0.39, 0.29) is 6.42 Å². The second-order valence-electron chi connectivity index (χ2n) is 7.51. The Hall–Kier alpha value is -3.64. The lowest BCUT2D eigenvalue weighted by molar-refractivity contribution is -0.136. The van der Waals surface area contributed by atoms with E-state index in [2.05, 4.69) is 5.32 Å². The third-order valence-corrected chi connectivity index (χ3v) is 6.19. The van der Waals surface area contributed by atoms with Crippen LogP contribution >= 0.6 is 11.8 Å². The zero-order chi connectivity index (χ0) is 23.6. The minimum Gasteiger partial charge on any atom is -0.480 e. The third kappa shape index (κ3) is 7.47. The molecule has 2 N–H and O–H groups in total. The van der Waals surface area contributed by atoms with Gasteiger partial charge in [-0.25, -0.2) is 0 Å². The van der Waals surface area contributed by atoms with E-state index >= 15 is 0 Å². The maximum absolute atomic E-state index is 12.6. The molecule has 0 aromatic heterocycles. The molecule has 0 bridgehead atoms. The van der Waals surface area contributed by atoms with Crippen molar-refractivity contribution in [1.29, 1.82) is 0 Å². The molecule has 0 aliphatic carbocycles. The summed E-state index contributed by atoms with van der Waals surface area (Å²) in [7, 11) is 0. The van der Waals surface area contributed by atoms with E-state index in [1.807, 2.05) is 84.9 Å². The Morgan fingerprint density at radius 3 is 2.06 bits per heavy atom. The van der Waals surface area contributed by atoms with E-state index in [0.29, 0.717) is 0 Å². The molecule has 0 aliphatic heterocycles. The number of amides is 1. The molecule has 3 aromatic carbocycles. The average Bonchev–Trinajstić information content (AvgIpc) is 2.84. The fourth-order valence-electron chi connectivity index (χ4n) is 3.16. The van der Waals surface area contributed by atoms with Crippen LogP contribution < -0.4 is 5.32 Å². The number of hydrogen-bond acceptors (Lipinski definition) is 4. The van der Waals surface area contributed by atoms with E-state index < -0.39 is 28.3 Å². The largest absolute Gasteiger partial charge is 0.480 e. The number of carbonyl (C=O) groups excluding carboxylic acids is 2. The van der Waals surface area contributed by atoms with Gasteiger partial charge in [-0.3, -0.25) is 14.4 Å². The first-order chi connectivity index (χ1) is 15.9. The molecule has 168 valence electrons. The minimum absolute atomic E-state index is 0.204. The number of nitrogens with one attached hydrogen (secondary N) is 1. The van der Waals surface area contributed by atoms with Crippen molar-refractivity contribution >= 4 is 34.8 Å². The second-order valence-corrected chi connectivity index (χ2v) is 8.71. The Morgan fingerprint density at radius 2 is 1.45 bits per heavy atom. The maximum Gasteiger partial charge on any atom is 0.317 e. The molecule has 5 nitrogen and oxygen atoms in total. The molecular weight excluding hydrogens is 434 g/mol. The van der Waals surface area contributed by atoms with Crippen LogP contribution in [0.25, 0.3) is 17.2 Å². The Morgan fingerprint density at radius 1 is 0.879 bits per heavy atom. The Balaban J connectivity index is 1.56. The van der Waals surface area contributed by atoms with Crippen molar-refractivity contribution in [2.24, 2.45) is 0 Å². The summed E-state index contributed by atoms with van der Waals surface area (Å²) in [6.45, 7) is 1.55. The number of rotatable bonds is 9. The number of hydrogen-bond donors (Lipinski definition) is 2. The quantitative estimate of drug-likeness (QED) is 0.448. The van der Waals surface area contributed by atoms with Crippen LogP contribution in [0.2, 0.25) is 0 Å². The van der Waals surface area contributed by atoms with Crippen LogP contribution in [0.3, 0.4) is 0 Å². The van der Waals surface area contributed by atoms with E-state index in [1.54, 1.807) is 13.0 Å². The van der Waals surface area contributed by atoms with E-state index in [4.69, 9.17) is 0 Å². The summed E-state index contributed by atoms with van der Waals surface area (Å²) in [5.74, 6) is -1.48. The zero-order valence-corrected chi connectivity index (χ0v) is 19.0. The van der Waals surface area contributed by atoms with E-state index in [9.17, 15) is 19.5 Å². The third-order valence-electron chi connectivity index (χ3n) is 4.96. The molecule has 0 saturated heterocycles. The summed E-state index contributed by atoms with van der Waals surface area (Å²) in [5, 5.41) is 10.9. The number of benzene rings is 3. The highest BCUT2D eigenvalue weighted by molar-refractivity contribution is 8.14. The van der Waals surface area contributed by atoms with Gasteiger partial charge in [0.15, 0.2) is 0 Å². The predicted octanol–water partition coefficient (Wildman–Crippen LogP) is 4.83. The van der Waals surface area contributed by atoms with Gasteiger partial charge in [0.2, 0.25) is 11.0 Å². The van der Waals surface area contributed by atoms with Gasteiger partial charge in [-0.15, -0.1) is 0 Å². The molecule has 33 heavy (non-hydrogen) atoms. The summed E-state index contributed by atoms with van der Waals surface area (Å²) in [5.41, 5.74) is 3.80. The summed E-state index contributed by atoms with van der Waals surface area (Å²) in [4.78, 5) is 36.4. The lowest BCUT2D eigenvalue weighted by Gasteiger charge is -2.15. The van der Waals surface area contributed by atoms with Gasteiger partial charge < -0.3 is 10.4 Å². The molecule has 2 atom stereocenters. The van der Waals surface area contributed by atoms with Crippen LogP contribution in [0.5, 0.6) is 0 Å². The van der Waals surface area contributed by atoms with Gasteiger partial charge in [0.25, 0.3) is 0 Å². The maximum atomic E-state index is 12.6. The number of aliphatic carboxylic acids is 1. The van der Waals surface area contributed by atoms with Gasteiger partial charge >= 0.3 is 5.97 Å². The first-order valence-corrected chi connectivity index (χ1v) is 11.4. The highest BCUT2D eigenvalue weighted by atomic mass is 32.2. The van der Waals surface area contributed by atoms with E-state index in [1.165, 1.54) is 6.08 Å². The Kier molecular flexibility index (Phi) is 8.61. The number of carbonyl (C=O) groups is 3. The van der Waals surface area contributed by atoms with Gasteiger partial charge in [0, 0.05) is 6.08 Å². The topological polar surface area (TPSA) is 83.5 Å². The van der Waals surface area contributed by atoms with Crippen LogP contribution in [-0.4, -0.2) is 33.4 Å². The second kappa shape index (κ2) is 11.8. The van der Waals surface area contributed by atoms with Crippen LogP contribution in [0, 0.1) is 0 Å². The normalized spacial score (nSPS) is 12.8. The number of thioether (sulfide) groups is 1. The molecule has 0 aliphatic rings. The fourth-order valence-corrected chi connectivity index (χ4v) is 4.08. The van der Waals surface area contributed by atoms with Gasteiger partial charge in [0.1, 0.15) is 5.25 Å². The van der Waals surface area contributed by atoms with Crippen LogP contribution in [0.15, 0.2) is 91.0 Å². The van der Waals surface area contributed by atoms with Crippen molar-refractivity contribution in [3.63, 3.8) is 0 Å². The molecule has 0 fully saturated rings. The molecule has 0 saturated carbocycles. The van der Waals surface area contributed by atoms with Crippen molar-refractivity contribution in [2.75, 3.05) is 0 Å². The SMILES string of the molecule is C[C@@H](NC(=O)/C=C/c1ccccc1)C(=O)S[C@H](Cc1ccc(-c2ccccc2)cc1)C(=O)O. The minimum atomic E-state index is -1.07. The molecule has 6 heteroatoms. The van der Waals surface area contributed by atoms with Gasteiger partial charge in [-0.05, 0) is 41.7 Å². The summed E-state index contributed by atoms with van der Waals surface area (Å²) in [6, 6.07) is 26.0. The molecule has 0 heterocycles. The van der Waals surface area contributed by atoms with Crippen LogP contribution in [0.4, 0.5) is 0 Å². The highest BCUT2D eigenvalue weighted by Crippen LogP contribution is 2.23. The summed E-state index contributed by atoms with van der Waals surface area (Å²) < 4.78 is 0. The molecule has 3 rings (SSSR count). The van der Waals surface area contributed by atoms with Crippen molar-refractivity contribution in [1.82, 2.24) is 5.32 Å². The van der Waals surface area contributed by atoms with Crippen molar-refractivity contribution in [3.05, 3.63) is 102 Å². The smallest absolute Gasteiger partial charge is 0.317 e. The molecule has 1 amide bonds.